The number of aromatic amines is 1. The average molecular weight is 386 g/mol. The summed E-state index contributed by atoms with van der Waals surface area (Å²) < 4.78 is 28.6. The molecule has 0 fully saturated rings. The van der Waals surface area contributed by atoms with Gasteiger partial charge in [0.2, 0.25) is 5.95 Å². The molecule has 0 amide bonds. The van der Waals surface area contributed by atoms with E-state index in [1.165, 1.54) is 12.1 Å². The summed E-state index contributed by atoms with van der Waals surface area (Å²) in [4.78, 5) is 20.8. The van der Waals surface area contributed by atoms with Crippen LogP contribution in [0.4, 0.5) is 14.7 Å². The number of hydrogen-bond donors (Lipinski definition) is 1. The Kier molecular flexibility index (Phi) is 5.19. The van der Waals surface area contributed by atoms with E-state index in [9.17, 15) is 13.6 Å². The number of rotatable bonds is 4. The summed E-state index contributed by atoms with van der Waals surface area (Å²) in [6.07, 6.45) is 0. The van der Waals surface area contributed by atoms with Gasteiger partial charge in [0.25, 0.3) is 5.56 Å². The molecule has 0 spiro atoms. The van der Waals surface area contributed by atoms with Crippen LogP contribution in [0.1, 0.15) is 36.6 Å². The number of aromatic nitrogens is 2. The van der Waals surface area contributed by atoms with E-state index < -0.39 is 17.6 Å². The SMILES string of the molecule is CCN(C)c1nc(C(C)c2c(F)cc(C)cc2F)c(Br)c(=O)[nH]1. The molecule has 1 unspecified atom stereocenters. The minimum absolute atomic E-state index is 0.0977. The molecule has 1 aromatic carbocycles. The summed E-state index contributed by atoms with van der Waals surface area (Å²) in [5.74, 6) is -1.64. The van der Waals surface area contributed by atoms with Gasteiger partial charge in [0.15, 0.2) is 0 Å². The molecule has 1 atom stereocenters. The summed E-state index contributed by atoms with van der Waals surface area (Å²) in [6.45, 7) is 5.78. The molecule has 0 aliphatic rings. The van der Waals surface area contributed by atoms with Crippen LogP contribution in [0.3, 0.4) is 0 Å². The minimum atomic E-state index is -0.712. The molecule has 0 saturated heterocycles. The lowest BCUT2D eigenvalue weighted by molar-refractivity contribution is 0.542. The van der Waals surface area contributed by atoms with Crippen molar-refractivity contribution in [2.24, 2.45) is 0 Å². The van der Waals surface area contributed by atoms with E-state index in [1.807, 2.05) is 6.92 Å². The first-order valence-corrected chi connectivity index (χ1v) is 8.01. The van der Waals surface area contributed by atoms with Crippen molar-refractivity contribution in [1.29, 1.82) is 0 Å². The number of halogens is 3. The predicted octanol–water partition coefficient (Wildman–Crippen LogP) is 3.73. The van der Waals surface area contributed by atoms with Crippen LogP contribution in [0.2, 0.25) is 0 Å². The van der Waals surface area contributed by atoms with Crippen LogP contribution in [0.15, 0.2) is 21.4 Å². The highest BCUT2D eigenvalue weighted by molar-refractivity contribution is 9.10. The Morgan fingerprint density at radius 1 is 1.35 bits per heavy atom. The number of hydrogen-bond acceptors (Lipinski definition) is 3. The van der Waals surface area contributed by atoms with Crippen LogP contribution in [0.25, 0.3) is 0 Å². The van der Waals surface area contributed by atoms with Crippen molar-refractivity contribution in [3.8, 4) is 0 Å². The summed E-state index contributed by atoms with van der Waals surface area (Å²) in [6, 6.07) is 2.55. The van der Waals surface area contributed by atoms with Crippen molar-refractivity contribution in [3.63, 3.8) is 0 Å². The van der Waals surface area contributed by atoms with Crippen LogP contribution in [0.5, 0.6) is 0 Å². The maximum absolute atomic E-state index is 14.2. The first-order valence-electron chi connectivity index (χ1n) is 7.22. The molecule has 0 aliphatic heterocycles. The molecule has 23 heavy (non-hydrogen) atoms. The van der Waals surface area contributed by atoms with Gasteiger partial charge in [-0.25, -0.2) is 13.8 Å². The van der Waals surface area contributed by atoms with Gasteiger partial charge >= 0.3 is 0 Å². The Morgan fingerprint density at radius 2 is 1.91 bits per heavy atom. The van der Waals surface area contributed by atoms with Crippen LogP contribution in [0, 0.1) is 18.6 Å². The Labute approximate surface area is 141 Å². The zero-order valence-electron chi connectivity index (χ0n) is 13.4. The smallest absolute Gasteiger partial charge is 0.266 e. The minimum Gasteiger partial charge on any atom is -0.346 e. The molecule has 2 rings (SSSR count). The fourth-order valence-corrected chi connectivity index (χ4v) is 2.87. The quantitative estimate of drug-likeness (QED) is 0.871. The molecule has 0 bridgehead atoms. The fraction of sp³-hybridized carbons (Fsp3) is 0.375. The molecule has 7 heteroatoms. The molecular formula is C16H18BrF2N3O. The van der Waals surface area contributed by atoms with Gasteiger partial charge in [-0.3, -0.25) is 9.78 Å². The highest BCUT2D eigenvalue weighted by Crippen LogP contribution is 2.31. The zero-order chi connectivity index (χ0) is 17.3. The van der Waals surface area contributed by atoms with Gasteiger partial charge in [0.1, 0.15) is 16.1 Å². The number of benzene rings is 1. The van der Waals surface area contributed by atoms with Crippen molar-refractivity contribution >= 4 is 21.9 Å². The molecule has 0 saturated carbocycles. The van der Waals surface area contributed by atoms with Crippen LogP contribution in [-0.4, -0.2) is 23.6 Å². The van der Waals surface area contributed by atoms with Gasteiger partial charge in [-0.1, -0.05) is 6.92 Å². The van der Waals surface area contributed by atoms with E-state index in [4.69, 9.17) is 0 Å². The number of aryl methyl sites for hydroxylation is 1. The monoisotopic (exact) mass is 385 g/mol. The van der Waals surface area contributed by atoms with Gasteiger partial charge in [0.05, 0.1) is 5.69 Å². The molecule has 1 aromatic heterocycles. The van der Waals surface area contributed by atoms with E-state index in [2.05, 4.69) is 25.9 Å². The van der Waals surface area contributed by atoms with Crippen molar-refractivity contribution in [2.75, 3.05) is 18.5 Å². The second-order valence-electron chi connectivity index (χ2n) is 5.47. The van der Waals surface area contributed by atoms with Gasteiger partial charge < -0.3 is 4.90 Å². The van der Waals surface area contributed by atoms with Gasteiger partial charge in [0, 0.05) is 25.1 Å². The highest BCUT2D eigenvalue weighted by Gasteiger charge is 2.24. The largest absolute Gasteiger partial charge is 0.346 e. The Morgan fingerprint density at radius 3 is 2.43 bits per heavy atom. The van der Waals surface area contributed by atoms with Crippen molar-refractivity contribution in [2.45, 2.75) is 26.7 Å². The highest BCUT2D eigenvalue weighted by atomic mass is 79.9. The van der Waals surface area contributed by atoms with E-state index in [1.54, 1.807) is 25.8 Å². The average Bonchev–Trinajstić information content (AvgIpc) is 2.47. The molecular weight excluding hydrogens is 368 g/mol. The summed E-state index contributed by atoms with van der Waals surface area (Å²) in [5, 5.41) is 0. The second-order valence-corrected chi connectivity index (χ2v) is 6.26. The number of nitrogens with one attached hydrogen (secondary N) is 1. The lowest BCUT2D eigenvalue weighted by Gasteiger charge is -2.19. The Hall–Kier alpha value is -1.76. The van der Waals surface area contributed by atoms with Gasteiger partial charge in [-0.15, -0.1) is 0 Å². The van der Waals surface area contributed by atoms with Gasteiger partial charge in [-0.2, -0.15) is 0 Å². The van der Waals surface area contributed by atoms with E-state index in [0.29, 0.717) is 23.8 Å². The predicted molar refractivity (Wildman–Crippen MR) is 90.1 cm³/mol. The van der Waals surface area contributed by atoms with Crippen molar-refractivity contribution in [3.05, 3.63) is 55.4 Å². The maximum Gasteiger partial charge on any atom is 0.266 e. The Bertz CT molecular complexity index is 768. The van der Waals surface area contributed by atoms with E-state index >= 15 is 0 Å². The first kappa shape index (κ1) is 17.6. The van der Waals surface area contributed by atoms with Crippen molar-refractivity contribution in [1.82, 2.24) is 9.97 Å². The lowest BCUT2D eigenvalue weighted by Crippen LogP contribution is -2.25. The third-order valence-electron chi connectivity index (χ3n) is 3.78. The fourth-order valence-electron chi connectivity index (χ4n) is 2.34. The molecule has 124 valence electrons. The second kappa shape index (κ2) is 6.78. The number of nitrogens with zero attached hydrogens (tertiary/aromatic N) is 2. The lowest BCUT2D eigenvalue weighted by atomic mass is 9.95. The van der Waals surface area contributed by atoms with Crippen molar-refractivity contribution < 1.29 is 8.78 Å². The summed E-state index contributed by atoms with van der Waals surface area (Å²) in [5.41, 5.74) is 0.315. The van der Waals surface area contributed by atoms with Gasteiger partial charge in [-0.05, 0) is 47.5 Å². The third-order valence-corrected chi connectivity index (χ3v) is 4.54. The molecule has 0 radical (unpaired) electrons. The van der Waals surface area contributed by atoms with E-state index in [0.717, 1.165) is 0 Å². The third kappa shape index (κ3) is 3.44. The molecule has 1 heterocycles. The number of anilines is 1. The standard InChI is InChI=1S/C16H18BrF2N3O/c1-5-22(4)16-20-14(13(17)15(23)21-16)9(3)12-10(18)6-8(2)7-11(12)19/h6-7,9H,5H2,1-4H3,(H,20,21,23). The number of H-pyrrole nitrogens is 1. The summed E-state index contributed by atoms with van der Waals surface area (Å²) in [7, 11) is 1.77. The van der Waals surface area contributed by atoms with Crippen LogP contribution < -0.4 is 10.5 Å². The Balaban J connectivity index is 2.62. The zero-order valence-corrected chi connectivity index (χ0v) is 15.0. The first-order chi connectivity index (χ1) is 10.8. The normalized spacial score (nSPS) is 12.3. The molecule has 4 nitrogen and oxygen atoms in total. The molecule has 0 aliphatic carbocycles. The van der Waals surface area contributed by atoms with Crippen LogP contribution >= 0.6 is 15.9 Å². The topological polar surface area (TPSA) is 49.0 Å². The maximum atomic E-state index is 14.2. The molecule has 2 aromatic rings. The summed E-state index contributed by atoms with van der Waals surface area (Å²) >= 11 is 3.18. The molecule has 1 N–H and O–H groups in total. The van der Waals surface area contributed by atoms with E-state index in [-0.39, 0.29) is 15.6 Å². The van der Waals surface area contributed by atoms with Crippen LogP contribution in [-0.2, 0) is 0 Å².